The van der Waals surface area contributed by atoms with Crippen LogP contribution in [-0.4, -0.2) is 52.4 Å². The lowest BCUT2D eigenvalue weighted by molar-refractivity contribution is -0.272. The van der Waals surface area contributed by atoms with Crippen LogP contribution in [0.15, 0.2) is 91.0 Å². The first-order valence-corrected chi connectivity index (χ1v) is 11.1. The summed E-state index contributed by atoms with van der Waals surface area (Å²) >= 11 is 0. The number of rotatable bonds is 9. The summed E-state index contributed by atoms with van der Waals surface area (Å²) in [5.41, 5.74) is 2.91. The van der Waals surface area contributed by atoms with E-state index in [0.29, 0.717) is 13.1 Å². The Morgan fingerprint density at radius 2 is 1.39 bits per heavy atom. The summed E-state index contributed by atoms with van der Waals surface area (Å²) in [5.74, 6) is -0.403. The lowest BCUT2D eigenvalue weighted by Crippen LogP contribution is -2.52. The molecule has 3 aromatic rings. The molecule has 0 aromatic heterocycles. The number of nitrogens with zero attached hydrogens (tertiary/aromatic N) is 1. The molecule has 0 bridgehead atoms. The van der Waals surface area contributed by atoms with Crippen LogP contribution in [-0.2, 0) is 27.4 Å². The summed E-state index contributed by atoms with van der Waals surface area (Å²) < 4.78 is 11.4. The zero-order valence-corrected chi connectivity index (χ0v) is 18.4. The van der Waals surface area contributed by atoms with E-state index in [9.17, 15) is 15.0 Å². The van der Waals surface area contributed by atoms with Gasteiger partial charge in [0.1, 0.15) is 18.3 Å². The highest BCUT2D eigenvalue weighted by Gasteiger charge is 2.39. The molecular weight excluding hydrogens is 418 g/mol. The second-order valence-electron chi connectivity index (χ2n) is 8.27. The van der Waals surface area contributed by atoms with Gasteiger partial charge in [-0.2, -0.15) is 0 Å². The van der Waals surface area contributed by atoms with Gasteiger partial charge >= 0.3 is 0 Å². The molecule has 0 saturated carbocycles. The van der Waals surface area contributed by atoms with Gasteiger partial charge in [-0.05, 0) is 11.1 Å². The van der Waals surface area contributed by atoms with E-state index in [1.54, 1.807) is 0 Å². The average Bonchev–Trinajstić information content (AvgIpc) is 2.85. The second kappa shape index (κ2) is 11.3. The number of benzene rings is 3. The molecule has 1 saturated heterocycles. The lowest BCUT2D eigenvalue weighted by Gasteiger charge is -2.36. The fourth-order valence-electron chi connectivity index (χ4n) is 3.97. The molecule has 4 rings (SSSR count). The highest BCUT2D eigenvalue weighted by Crippen LogP contribution is 2.28. The Morgan fingerprint density at radius 1 is 0.879 bits per heavy atom. The highest BCUT2D eigenvalue weighted by atomic mass is 16.7. The van der Waals surface area contributed by atoms with Crippen LogP contribution in [0.25, 0.3) is 0 Å². The average molecular weight is 448 g/mol. The third-order valence-corrected chi connectivity index (χ3v) is 5.67. The molecule has 1 fully saturated rings. The van der Waals surface area contributed by atoms with E-state index in [1.165, 1.54) is 0 Å². The van der Waals surface area contributed by atoms with Crippen LogP contribution >= 0.6 is 0 Å². The van der Waals surface area contributed by atoms with E-state index >= 15 is 0 Å². The molecule has 0 aliphatic carbocycles. The Kier molecular flexibility index (Phi) is 7.99. The minimum atomic E-state index is -1.47. The minimum Gasteiger partial charge on any atom is -0.388 e. The molecule has 0 radical (unpaired) electrons. The number of ether oxygens (including phenoxy) is 2. The molecule has 0 spiro atoms. The number of carbonyl (C=O) groups is 1. The number of aliphatic hydroxyl groups excluding tert-OH is 2. The highest BCUT2D eigenvalue weighted by molar-refractivity contribution is 5.85. The fraction of sp³-hybridized carbons (Fsp3) is 0.296. The molecule has 2 N–H and O–H groups in total. The number of aliphatic hydroxyl groups is 2. The smallest absolute Gasteiger partial charge is 0.184 e. The first-order valence-electron chi connectivity index (χ1n) is 11.1. The molecule has 1 heterocycles. The van der Waals surface area contributed by atoms with Crippen molar-refractivity contribution in [3.05, 3.63) is 108 Å². The zero-order chi connectivity index (χ0) is 23.0. The van der Waals surface area contributed by atoms with Crippen LogP contribution in [0.3, 0.4) is 0 Å². The summed E-state index contributed by atoms with van der Waals surface area (Å²) in [4.78, 5) is 15.1. The van der Waals surface area contributed by atoms with Crippen molar-refractivity contribution < 1.29 is 24.5 Å². The summed E-state index contributed by atoms with van der Waals surface area (Å²) in [6.07, 6.45) is -4.37. The predicted molar refractivity (Wildman–Crippen MR) is 124 cm³/mol. The maximum Gasteiger partial charge on any atom is 0.184 e. The van der Waals surface area contributed by atoms with E-state index < -0.39 is 30.4 Å². The third kappa shape index (κ3) is 6.35. The SMILES string of the molecule is O=C(CN(Cc1ccccc1)Cc1ccccc1)[C@H](O)[C@@H]1O[C@@H](c2ccccc2)OC[C@H]1O. The topological polar surface area (TPSA) is 79.2 Å². The van der Waals surface area contributed by atoms with Crippen molar-refractivity contribution in [1.82, 2.24) is 4.90 Å². The predicted octanol–water partition coefficient (Wildman–Crippen LogP) is 3.09. The van der Waals surface area contributed by atoms with Gasteiger partial charge in [0.05, 0.1) is 13.2 Å². The van der Waals surface area contributed by atoms with E-state index in [0.717, 1.165) is 16.7 Å². The van der Waals surface area contributed by atoms with Gasteiger partial charge in [0, 0.05) is 18.7 Å². The fourth-order valence-corrected chi connectivity index (χ4v) is 3.97. The van der Waals surface area contributed by atoms with E-state index in [-0.39, 0.29) is 13.2 Å². The molecular formula is C27H29NO5. The molecule has 0 unspecified atom stereocenters. The molecule has 3 aromatic carbocycles. The van der Waals surface area contributed by atoms with Gasteiger partial charge in [0.15, 0.2) is 12.1 Å². The molecule has 1 aliphatic heterocycles. The van der Waals surface area contributed by atoms with E-state index in [1.807, 2.05) is 95.9 Å². The van der Waals surface area contributed by atoms with Crippen LogP contribution in [0.2, 0.25) is 0 Å². The maximum atomic E-state index is 13.1. The monoisotopic (exact) mass is 447 g/mol. The first kappa shape index (κ1) is 23.3. The summed E-state index contributed by atoms with van der Waals surface area (Å²) in [6.45, 7) is 1.11. The molecule has 1 aliphatic rings. The Bertz CT molecular complexity index is 957. The number of ketones is 1. The van der Waals surface area contributed by atoms with Crippen molar-refractivity contribution >= 4 is 5.78 Å². The number of Topliss-reactive ketones (excluding diaryl/α,β-unsaturated/α-hetero) is 1. The third-order valence-electron chi connectivity index (χ3n) is 5.67. The van der Waals surface area contributed by atoms with Crippen LogP contribution in [0.4, 0.5) is 0 Å². The lowest BCUT2D eigenvalue weighted by atomic mass is 10.0. The standard InChI is InChI=1S/C27H29NO5/c29-23(25(31)26-24(30)19-32-27(33-26)22-14-8-3-9-15-22)18-28(16-20-10-4-1-5-11-20)17-21-12-6-2-7-13-21/h1-15,24-27,30-31H,16-19H2/t24-,25+,26-,27+/m1/s1. The minimum absolute atomic E-state index is 0.0215. The summed E-state index contributed by atoms with van der Waals surface area (Å²) in [7, 11) is 0. The van der Waals surface area contributed by atoms with Crippen molar-refractivity contribution in [2.24, 2.45) is 0 Å². The van der Waals surface area contributed by atoms with Gasteiger partial charge in [0.25, 0.3) is 0 Å². The molecule has 6 heteroatoms. The van der Waals surface area contributed by atoms with Crippen molar-refractivity contribution in [3.8, 4) is 0 Å². The number of carbonyl (C=O) groups excluding carboxylic acids is 1. The second-order valence-corrected chi connectivity index (χ2v) is 8.27. The molecule has 172 valence electrons. The number of hydrogen-bond donors (Lipinski definition) is 2. The van der Waals surface area contributed by atoms with Gasteiger partial charge in [-0.3, -0.25) is 9.69 Å². The molecule has 6 nitrogen and oxygen atoms in total. The summed E-state index contributed by atoms with van der Waals surface area (Å²) in [6, 6.07) is 29.1. The van der Waals surface area contributed by atoms with Gasteiger partial charge in [0.2, 0.25) is 0 Å². The maximum absolute atomic E-state index is 13.1. The first-order chi connectivity index (χ1) is 16.1. The number of hydrogen-bond acceptors (Lipinski definition) is 6. The molecule has 0 amide bonds. The normalized spacial score (nSPS) is 21.6. The Labute approximate surface area is 194 Å². The van der Waals surface area contributed by atoms with Crippen LogP contribution in [0.1, 0.15) is 23.0 Å². The van der Waals surface area contributed by atoms with Crippen LogP contribution in [0, 0.1) is 0 Å². The van der Waals surface area contributed by atoms with Gasteiger partial charge in [-0.15, -0.1) is 0 Å². The van der Waals surface area contributed by atoms with Crippen LogP contribution in [0.5, 0.6) is 0 Å². The largest absolute Gasteiger partial charge is 0.388 e. The van der Waals surface area contributed by atoms with Crippen molar-refractivity contribution in [1.29, 1.82) is 0 Å². The van der Waals surface area contributed by atoms with Gasteiger partial charge in [-0.1, -0.05) is 91.0 Å². The zero-order valence-electron chi connectivity index (χ0n) is 18.4. The quantitative estimate of drug-likeness (QED) is 0.525. The summed E-state index contributed by atoms with van der Waals surface area (Å²) in [5, 5.41) is 21.2. The molecule has 4 atom stereocenters. The van der Waals surface area contributed by atoms with Gasteiger partial charge < -0.3 is 19.7 Å². The Balaban J connectivity index is 1.45. The van der Waals surface area contributed by atoms with Crippen molar-refractivity contribution in [2.75, 3.05) is 13.2 Å². The van der Waals surface area contributed by atoms with Crippen LogP contribution < -0.4 is 0 Å². The van der Waals surface area contributed by atoms with Crippen molar-refractivity contribution in [2.45, 2.75) is 37.7 Å². The molecule has 33 heavy (non-hydrogen) atoms. The Morgan fingerprint density at radius 3 is 1.94 bits per heavy atom. The van der Waals surface area contributed by atoms with Crippen molar-refractivity contribution in [3.63, 3.8) is 0 Å². The van der Waals surface area contributed by atoms with Gasteiger partial charge in [-0.25, -0.2) is 0 Å². The Hall–Kier alpha value is -2.87. The van der Waals surface area contributed by atoms with E-state index in [2.05, 4.69) is 0 Å². The van der Waals surface area contributed by atoms with E-state index in [4.69, 9.17) is 9.47 Å².